The summed E-state index contributed by atoms with van der Waals surface area (Å²) in [6.07, 6.45) is 2.42. The molecule has 0 rings (SSSR count). The van der Waals surface area contributed by atoms with Gasteiger partial charge in [0.15, 0.2) is 0 Å². The van der Waals surface area contributed by atoms with Gasteiger partial charge in [0.2, 0.25) is 0 Å². The van der Waals surface area contributed by atoms with Crippen LogP contribution in [0.2, 0.25) is 0 Å². The topological polar surface area (TPSA) is 9.23 Å². The molecule has 1 atom stereocenters. The summed E-state index contributed by atoms with van der Waals surface area (Å²) in [7, 11) is 2.17. The average Bonchev–Trinajstić information content (AvgIpc) is 1.84. The zero-order valence-corrected chi connectivity index (χ0v) is 8.61. The quantitative estimate of drug-likeness (QED) is 0.551. The summed E-state index contributed by atoms with van der Waals surface area (Å²) >= 11 is 0. The molecule has 0 aliphatic rings. The summed E-state index contributed by atoms with van der Waals surface area (Å²) in [4.78, 5) is 0. The van der Waals surface area contributed by atoms with Crippen molar-refractivity contribution < 1.29 is 4.74 Å². The molecule has 0 aliphatic carbocycles. The van der Waals surface area contributed by atoms with Crippen LogP contribution in [0.5, 0.6) is 0 Å². The third kappa shape index (κ3) is 6.42. The summed E-state index contributed by atoms with van der Waals surface area (Å²) < 4.78 is 5.58. The Hall–Kier alpha value is 0.0249. The maximum Gasteiger partial charge on any atom is 0.142 e. The highest BCUT2D eigenvalue weighted by molar-refractivity contribution is 6.14. The van der Waals surface area contributed by atoms with Crippen LogP contribution < -0.4 is 0 Å². The van der Waals surface area contributed by atoms with E-state index in [0.717, 1.165) is 12.5 Å². The highest BCUT2D eigenvalue weighted by atomic mass is 16.5. The molecule has 0 aromatic rings. The van der Waals surface area contributed by atoms with Crippen LogP contribution in [0.3, 0.4) is 0 Å². The Morgan fingerprint density at radius 3 is 2.36 bits per heavy atom. The highest BCUT2D eigenvalue weighted by Crippen LogP contribution is 2.16. The fourth-order valence-corrected chi connectivity index (χ4v) is 1.10. The summed E-state index contributed by atoms with van der Waals surface area (Å²) in [6.45, 7) is 9.55. The maximum absolute atomic E-state index is 5.58. The normalized spacial score (nSPS) is 16.8. The van der Waals surface area contributed by atoms with Crippen molar-refractivity contribution in [3.8, 4) is 0 Å². The van der Waals surface area contributed by atoms with Gasteiger partial charge in [-0.1, -0.05) is 13.8 Å². The monoisotopic (exact) mass is 156 g/mol. The van der Waals surface area contributed by atoms with Crippen LogP contribution in [0.15, 0.2) is 0 Å². The summed E-state index contributed by atoms with van der Waals surface area (Å²) in [6, 6.07) is 0. The van der Waals surface area contributed by atoms with E-state index in [4.69, 9.17) is 4.74 Å². The predicted molar refractivity (Wildman–Crippen MR) is 52.6 cm³/mol. The van der Waals surface area contributed by atoms with Gasteiger partial charge >= 0.3 is 0 Å². The molecule has 0 spiro atoms. The van der Waals surface area contributed by atoms with Crippen LogP contribution in [0, 0.1) is 5.92 Å². The molecule has 1 nitrogen and oxygen atoms in total. The lowest BCUT2D eigenvalue weighted by molar-refractivity contribution is 0.0312. The van der Waals surface area contributed by atoms with E-state index >= 15 is 0 Å². The van der Waals surface area contributed by atoms with Crippen molar-refractivity contribution >= 4 is 7.85 Å². The fraction of sp³-hybridized carbons (Fsp3) is 1.00. The van der Waals surface area contributed by atoms with E-state index in [0.29, 0.717) is 0 Å². The second kappa shape index (κ2) is 4.81. The smallest absolute Gasteiger partial charge is 0.142 e. The van der Waals surface area contributed by atoms with Crippen molar-refractivity contribution in [2.75, 3.05) is 6.61 Å². The van der Waals surface area contributed by atoms with Crippen LogP contribution in [0.1, 0.15) is 40.5 Å². The van der Waals surface area contributed by atoms with Crippen molar-refractivity contribution in [3.05, 3.63) is 0 Å². The second-order valence-electron chi connectivity index (χ2n) is 4.13. The summed E-state index contributed by atoms with van der Waals surface area (Å²) in [5, 5.41) is 0. The zero-order chi connectivity index (χ0) is 8.91. The SMILES string of the molecule is BC(C)(CCC(C)C)OCC. The Morgan fingerprint density at radius 1 is 1.45 bits per heavy atom. The van der Waals surface area contributed by atoms with Gasteiger partial charge in [-0.15, -0.1) is 0 Å². The van der Waals surface area contributed by atoms with E-state index in [1.54, 1.807) is 0 Å². The standard InChI is InChI=1S/C9H21BO/c1-5-11-9(4,10)7-6-8(2)3/h8H,5-7,10H2,1-4H3. The molecule has 0 heterocycles. The Balaban J connectivity index is 3.54. The van der Waals surface area contributed by atoms with Gasteiger partial charge in [0.1, 0.15) is 7.85 Å². The molecule has 66 valence electrons. The van der Waals surface area contributed by atoms with Crippen LogP contribution in [-0.2, 0) is 4.74 Å². The first-order valence-corrected chi connectivity index (χ1v) is 4.62. The molecule has 0 amide bonds. The molecule has 11 heavy (non-hydrogen) atoms. The molecule has 0 fully saturated rings. The van der Waals surface area contributed by atoms with Gasteiger partial charge in [-0.3, -0.25) is 0 Å². The lowest BCUT2D eigenvalue weighted by Gasteiger charge is -2.25. The van der Waals surface area contributed by atoms with Gasteiger partial charge in [-0.05, 0) is 32.6 Å². The van der Waals surface area contributed by atoms with E-state index in [1.165, 1.54) is 12.8 Å². The largest absolute Gasteiger partial charge is 0.385 e. The average molecular weight is 156 g/mol. The van der Waals surface area contributed by atoms with Crippen molar-refractivity contribution in [2.24, 2.45) is 5.92 Å². The minimum Gasteiger partial charge on any atom is -0.385 e. The Morgan fingerprint density at radius 2 is 2.00 bits per heavy atom. The van der Waals surface area contributed by atoms with E-state index < -0.39 is 0 Å². The molecule has 0 aromatic carbocycles. The van der Waals surface area contributed by atoms with Crippen molar-refractivity contribution in [1.29, 1.82) is 0 Å². The van der Waals surface area contributed by atoms with Crippen molar-refractivity contribution in [3.63, 3.8) is 0 Å². The van der Waals surface area contributed by atoms with E-state index in [-0.39, 0.29) is 5.50 Å². The van der Waals surface area contributed by atoms with Crippen LogP contribution in [0.25, 0.3) is 0 Å². The van der Waals surface area contributed by atoms with Gasteiger partial charge in [0.05, 0.1) is 0 Å². The van der Waals surface area contributed by atoms with Gasteiger partial charge in [0, 0.05) is 12.1 Å². The Bertz CT molecular complexity index is 99.7. The van der Waals surface area contributed by atoms with Gasteiger partial charge in [0.25, 0.3) is 0 Å². The third-order valence-electron chi connectivity index (χ3n) is 1.86. The first kappa shape index (κ1) is 11.0. The van der Waals surface area contributed by atoms with Gasteiger partial charge in [-0.25, -0.2) is 0 Å². The molecule has 0 aliphatic heterocycles. The Kier molecular flexibility index (Phi) is 4.82. The first-order chi connectivity index (χ1) is 4.98. The number of hydrogen-bond acceptors (Lipinski definition) is 1. The molecule has 0 saturated carbocycles. The number of rotatable bonds is 5. The molecule has 0 aromatic heterocycles. The van der Waals surface area contributed by atoms with Crippen molar-refractivity contribution in [2.45, 2.75) is 46.0 Å². The summed E-state index contributed by atoms with van der Waals surface area (Å²) in [5.74, 6) is 0.787. The van der Waals surface area contributed by atoms with E-state index in [2.05, 4.69) is 35.5 Å². The molecule has 0 N–H and O–H groups in total. The molecule has 0 saturated heterocycles. The lowest BCUT2D eigenvalue weighted by Crippen LogP contribution is -2.29. The maximum atomic E-state index is 5.58. The van der Waals surface area contributed by atoms with Crippen LogP contribution in [0.4, 0.5) is 0 Å². The zero-order valence-electron chi connectivity index (χ0n) is 8.61. The lowest BCUT2D eigenvalue weighted by atomic mass is 9.78. The molecular weight excluding hydrogens is 135 g/mol. The van der Waals surface area contributed by atoms with Gasteiger partial charge in [-0.2, -0.15) is 0 Å². The first-order valence-electron chi connectivity index (χ1n) is 4.62. The van der Waals surface area contributed by atoms with Crippen LogP contribution in [-0.4, -0.2) is 20.0 Å². The second-order valence-corrected chi connectivity index (χ2v) is 4.13. The summed E-state index contributed by atoms with van der Waals surface area (Å²) in [5.41, 5.74) is 0.0824. The highest BCUT2D eigenvalue weighted by Gasteiger charge is 2.17. The van der Waals surface area contributed by atoms with E-state index in [1.807, 2.05) is 0 Å². The third-order valence-corrected chi connectivity index (χ3v) is 1.86. The van der Waals surface area contributed by atoms with E-state index in [9.17, 15) is 0 Å². The van der Waals surface area contributed by atoms with Crippen LogP contribution >= 0.6 is 0 Å². The fourth-order valence-electron chi connectivity index (χ4n) is 1.10. The van der Waals surface area contributed by atoms with Gasteiger partial charge < -0.3 is 4.74 Å². The Labute approximate surface area is 71.9 Å². The van der Waals surface area contributed by atoms with Crippen molar-refractivity contribution in [1.82, 2.24) is 0 Å². The molecule has 1 unspecified atom stereocenters. The minimum absolute atomic E-state index is 0.0824. The molecule has 0 radical (unpaired) electrons. The number of ether oxygens (including phenoxy) is 1. The molecule has 0 bridgehead atoms. The molecule has 2 heteroatoms. The number of hydrogen-bond donors (Lipinski definition) is 0. The molecular formula is C9H21BO. The minimum atomic E-state index is 0.0824. The predicted octanol–water partition coefficient (Wildman–Crippen LogP) is 1.81.